The van der Waals surface area contributed by atoms with Crippen molar-refractivity contribution in [3.05, 3.63) is 82.0 Å². The molecule has 2 amide bonds. The number of benzene rings is 2. The minimum Gasteiger partial charge on any atom is -0.485 e. The fourth-order valence-corrected chi connectivity index (χ4v) is 4.41. The lowest BCUT2D eigenvalue weighted by Crippen LogP contribution is -2.21. The highest BCUT2D eigenvalue weighted by molar-refractivity contribution is 14.1. The Morgan fingerprint density at radius 1 is 0.975 bits per heavy atom. The van der Waals surface area contributed by atoms with Gasteiger partial charge >= 0.3 is 5.97 Å². The molecule has 10 nitrogen and oxygen atoms in total. The van der Waals surface area contributed by atoms with E-state index in [9.17, 15) is 28.4 Å². The van der Waals surface area contributed by atoms with Crippen molar-refractivity contribution in [3.8, 4) is 11.4 Å². The summed E-state index contributed by atoms with van der Waals surface area (Å²) in [7, 11) is 0. The molecule has 1 aliphatic rings. The molecule has 3 aromatic rings. The second kappa shape index (κ2) is 12.6. The fraction of sp³-hybridized carbons (Fsp3) is 0.222. The summed E-state index contributed by atoms with van der Waals surface area (Å²) < 4.78 is 26.1. The third-order valence-electron chi connectivity index (χ3n) is 6.03. The van der Waals surface area contributed by atoms with Gasteiger partial charge < -0.3 is 20.1 Å². The number of hydrogen-bond donors (Lipinski definition) is 2. The Kier molecular flexibility index (Phi) is 9.20. The van der Waals surface area contributed by atoms with Crippen LogP contribution in [0.25, 0.3) is 5.69 Å². The summed E-state index contributed by atoms with van der Waals surface area (Å²) in [6, 6.07) is 12.6. The summed E-state index contributed by atoms with van der Waals surface area (Å²) in [4.78, 5) is 61.9. The van der Waals surface area contributed by atoms with Gasteiger partial charge in [-0.25, -0.2) is 4.39 Å². The first-order valence-electron chi connectivity index (χ1n) is 12.0. The lowest BCUT2D eigenvalue weighted by Gasteiger charge is -2.11. The topological polar surface area (TPSA) is 133 Å². The maximum atomic E-state index is 15.0. The number of nitrogens with zero attached hydrogens (tertiary/aromatic N) is 1. The van der Waals surface area contributed by atoms with Gasteiger partial charge in [0.05, 0.1) is 35.7 Å². The van der Waals surface area contributed by atoms with Crippen molar-refractivity contribution in [2.24, 2.45) is 17.8 Å². The van der Waals surface area contributed by atoms with Crippen LogP contribution in [0.4, 0.5) is 15.8 Å². The van der Waals surface area contributed by atoms with E-state index in [1.54, 1.807) is 53.8 Å². The number of anilines is 2. The molecule has 0 aliphatic heterocycles. The normalized spacial score (nSPS) is 17.4. The molecule has 2 aromatic carbocycles. The number of nitrogens with one attached hydrogen (secondary N) is 2. The number of esters is 1. The first-order chi connectivity index (χ1) is 19.1. The Morgan fingerprint density at radius 2 is 1.65 bits per heavy atom. The van der Waals surface area contributed by atoms with E-state index < -0.39 is 46.9 Å². The van der Waals surface area contributed by atoms with Crippen molar-refractivity contribution in [2.45, 2.75) is 6.92 Å². The molecule has 0 saturated heterocycles. The highest BCUT2D eigenvalue weighted by atomic mass is 127. The highest BCUT2D eigenvalue weighted by Gasteiger charge is 2.63. The number of carbonyl (C=O) groups excluding carboxylic acids is 4. The molecule has 1 aromatic heterocycles. The lowest BCUT2D eigenvalue weighted by molar-refractivity contribution is -0.146. The number of amides is 2. The van der Waals surface area contributed by atoms with Crippen molar-refractivity contribution < 1.29 is 33.0 Å². The van der Waals surface area contributed by atoms with Gasteiger partial charge in [0.2, 0.25) is 15.6 Å². The van der Waals surface area contributed by atoms with Gasteiger partial charge in [-0.3, -0.25) is 28.5 Å². The molecule has 1 fully saturated rings. The minimum atomic E-state index is -1.07. The zero-order valence-corrected chi connectivity index (χ0v) is 23.8. The number of hydrogen-bond acceptors (Lipinski definition) is 7. The van der Waals surface area contributed by atoms with E-state index in [1.807, 2.05) is 0 Å². The summed E-state index contributed by atoms with van der Waals surface area (Å²) in [5.74, 6) is -5.78. The molecule has 1 saturated carbocycles. The first-order valence-corrected chi connectivity index (χ1v) is 13.4. The van der Waals surface area contributed by atoms with E-state index in [4.69, 9.17) is 21.1 Å². The second-order valence-electron chi connectivity index (χ2n) is 8.69. The summed E-state index contributed by atoms with van der Waals surface area (Å²) in [6.07, 6.45) is 1.36. The molecule has 2 N–H and O–H groups in total. The molecular weight excluding hydrogens is 660 g/mol. The summed E-state index contributed by atoms with van der Waals surface area (Å²) in [5, 5.41) is 5.55. The molecule has 13 heteroatoms. The van der Waals surface area contributed by atoms with Crippen LogP contribution in [0, 0.1) is 23.6 Å². The molecule has 3 atom stereocenters. The minimum absolute atomic E-state index is 0.0636. The number of rotatable bonds is 10. The van der Waals surface area contributed by atoms with Crippen LogP contribution in [-0.4, -0.2) is 39.4 Å². The molecule has 0 bridgehead atoms. The number of carbonyl (C=O) groups is 4. The molecular formula is C27H22ClFIN3O7. The van der Waals surface area contributed by atoms with Crippen molar-refractivity contribution in [1.82, 2.24) is 4.57 Å². The molecule has 4 rings (SSSR count). The standard InChI is InChI=1S/C27H22ClFIN3O7/c1-2-39-27(38)24-22(25(36)31-15-5-3-14(28)4-6-15)23(24)26(37)32-19-8-7-16(11-18(19)29)33-10-9-17(12-21(33)35)40-13-20(30)34/h3-12,22-24H,2,13H2,1H3,(H,31,36)(H,32,37)/t22-,23+,24+/m1/s1. The quantitative estimate of drug-likeness (QED) is 0.188. The van der Waals surface area contributed by atoms with Crippen LogP contribution in [0.1, 0.15) is 6.92 Å². The van der Waals surface area contributed by atoms with Gasteiger partial charge in [-0.1, -0.05) is 11.6 Å². The average molecular weight is 682 g/mol. The van der Waals surface area contributed by atoms with Crippen LogP contribution in [0.5, 0.6) is 5.75 Å². The van der Waals surface area contributed by atoms with Crippen molar-refractivity contribution >= 4 is 67.1 Å². The summed E-state index contributed by atoms with van der Waals surface area (Å²) in [5.41, 5.74) is -0.126. The van der Waals surface area contributed by atoms with Crippen LogP contribution in [0.15, 0.2) is 65.6 Å². The van der Waals surface area contributed by atoms with Crippen molar-refractivity contribution in [1.29, 1.82) is 0 Å². The molecule has 1 aliphatic carbocycles. The van der Waals surface area contributed by atoms with Gasteiger partial charge in [-0.15, -0.1) is 0 Å². The molecule has 208 valence electrons. The third kappa shape index (κ3) is 6.86. The fourth-order valence-electron chi connectivity index (χ4n) is 4.13. The van der Waals surface area contributed by atoms with Crippen molar-refractivity contribution in [3.63, 3.8) is 0 Å². The first kappa shape index (κ1) is 29.2. The van der Waals surface area contributed by atoms with E-state index in [1.165, 1.54) is 24.4 Å². The van der Waals surface area contributed by atoms with E-state index in [-0.39, 0.29) is 34.1 Å². The predicted octanol–water partition coefficient (Wildman–Crippen LogP) is 3.97. The number of pyridine rings is 1. The molecule has 1 heterocycles. The number of halogens is 3. The molecule has 0 spiro atoms. The number of aromatic nitrogens is 1. The van der Waals surface area contributed by atoms with Gasteiger partial charge in [0.1, 0.15) is 11.6 Å². The highest BCUT2D eigenvalue weighted by Crippen LogP contribution is 2.48. The van der Waals surface area contributed by atoms with Crippen LogP contribution >= 0.6 is 34.2 Å². The van der Waals surface area contributed by atoms with Crippen LogP contribution in [0.3, 0.4) is 0 Å². The molecule has 0 unspecified atom stereocenters. The second-order valence-corrected chi connectivity index (χ2v) is 10.3. The SMILES string of the molecule is CCOC(=O)[C@H]1[C@H](C(=O)Nc2ccc(Cl)cc2)[C@@H]1C(=O)Nc1ccc(-n2ccc(OCC(=O)I)cc2=O)cc1F. The summed E-state index contributed by atoms with van der Waals surface area (Å²) in [6.45, 7) is 1.47. The van der Waals surface area contributed by atoms with E-state index in [0.29, 0.717) is 10.7 Å². The van der Waals surface area contributed by atoms with Gasteiger partial charge in [-0.2, -0.15) is 0 Å². The Hall–Kier alpha value is -3.78. The van der Waals surface area contributed by atoms with Gasteiger partial charge in [-0.05, 0) is 49.4 Å². The van der Waals surface area contributed by atoms with Crippen LogP contribution in [0.2, 0.25) is 5.02 Å². The Balaban J connectivity index is 1.48. The average Bonchev–Trinajstić information content (AvgIpc) is 3.67. The predicted molar refractivity (Wildman–Crippen MR) is 152 cm³/mol. The van der Waals surface area contributed by atoms with Crippen molar-refractivity contribution in [2.75, 3.05) is 23.8 Å². The third-order valence-corrected chi connectivity index (χ3v) is 6.59. The Bertz CT molecular complexity index is 1530. The zero-order valence-electron chi connectivity index (χ0n) is 20.9. The lowest BCUT2D eigenvalue weighted by atomic mass is 10.2. The van der Waals surface area contributed by atoms with E-state index in [0.717, 1.165) is 16.7 Å². The number of ether oxygens (including phenoxy) is 2. The monoisotopic (exact) mass is 681 g/mol. The zero-order chi connectivity index (χ0) is 29.0. The Morgan fingerprint density at radius 3 is 2.25 bits per heavy atom. The van der Waals surface area contributed by atoms with Crippen LogP contribution in [-0.2, 0) is 23.9 Å². The van der Waals surface area contributed by atoms with E-state index >= 15 is 0 Å². The molecule has 0 radical (unpaired) electrons. The molecule has 40 heavy (non-hydrogen) atoms. The largest absolute Gasteiger partial charge is 0.485 e. The smallest absolute Gasteiger partial charge is 0.310 e. The van der Waals surface area contributed by atoms with E-state index in [2.05, 4.69) is 10.6 Å². The van der Waals surface area contributed by atoms with Crippen LogP contribution < -0.4 is 20.9 Å². The van der Waals surface area contributed by atoms with Gasteiger partial charge in [0.25, 0.3) is 5.56 Å². The van der Waals surface area contributed by atoms with Gasteiger partial charge in [0.15, 0.2) is 6.61 Å². The maximum absolute atomic E-state index is 15.0. The van der Waals surface area contributed by atoms with Gasteiger partial charge in [0, 0.05) is 51.6 Å². The summed E-state index contributed by atoms with van der Waals surface area (Å²) >= 11 is 7.43. The Labute approximate surface area is 245 Å². The maximum Gasteiger partial charge on any atom is 0.310 e.